The molecule has 1 aromatic carbocycles. The number of likely N-dealkylation sites (tertiary alicyclic amines) is 1. The van der Waals surface area contributed by atoms with Gasteiger partial charge in [0.1, 0.15) is 5.75 Å². The van der Waals surface area contributed by atoms with E-state index in [2.05, 4.69) is 35.2 Å². The van der Waals surface area contributed by atoms with Crippen LogP contribution in [0.5, 0.6) is 5.75 Å². The van der Waals surface area contributed by atoms with Crippen molar-refractivity contribution in [3.8, 4) is 5.75 Å². The summed E-state index contributed by atoms with van der Waals surface area (Å²) in [6.45, 7) is 4.99. The molecule has 1 spiro atoms. The third-order valence-electron chi connectivity index (χ3n) is 8.02. The Balaban J connectivity index is 1.15. The average Bonchev–Trinajstić information content (AvgIpc) is 2.79. The maximum absolute atomic E-state index is 11.9. The molecule has 0 amide bonds. The lowest BCUT2D eigenvalue weighted by atomic mass is 9.60. The number of benzene rings is 1. The predicted molar refractivity (Wildman–Crippen MR) is 126 cm³/mol. The number of fused-ring (bicyclic) bond motifs is 1. The van der Waals surface area contributed by atoms with Crippen LogP contribution < -0.4 is 4.74 Å². The Morgan fingerprint density at radius 2 is 1.84 bits per heavy atom. The highest BCUT2D eigenvalue weighted by Gasteiger charge is 2.40. The van der Waals surface area contributed by atoms with Crippen molar-refractivity contribution in [1.82, 2.24) is 9.88 Å². The molecule has 0 radical (unpaired) electrons. The molecule has 2 saturated carbocycles. The van der Waals surface area contributed by atoms with Gasteiger partial charge in [-0.05, 0) is 101 Å². The molecule has 0 bridgehead atoms. The summed E-state index contributed by atoms with van der Waals surface area (Å²) in [6, 6.07) is 10.6. The number of aromatic nitrogens is 1. The van der Waals surface area contributed by atoms with E-state index < -0.39 is 0 Å². The fourth-order valence-electron chi connectivity index (χ4n) is 5.81. The Hall–Kier alpha value is -2.14. The SMILES string of the molecule is CCOC(=O)C1CCN(Cc2ccc3cc(OC4CCC5(CCC5)CC4)ccc3n2)CC1. The van der Waals surface area contributed by atoms with Crippen LogP contribution in [0.4, 0.5) is 0 Å². The number of carbonyl (C=O) groups excluding carboxylic acids is 1. The van der Waals surface area contributed by atoms with Gasteiger partial charge >= 0.3 is 5.97 Å². The number of ether oxygens (including phenoxy) is 2. The molecule has 1 saturated heterocycles. The molecule has 0 N–H and O–H groups in total. The van der Waals surface area contributed by atoms with Crippen molar-refractivity contribution < 1.29 is 14.3 Å². The van der Waals surface area contributed by atoms with E-state index in [0.717, 1.165) is 54.8 Å². The quantitative estimate of drug-likeness (QED) is 0.560. The smallest absolute Gasteiger partial charge is 0.309 e. The Labute approximate surface area is 191 Å². The zero-order valence-electron chi connectivity index (χ0n) is 19.4. The summed E-state index contributed by atoms with van der Waals surface area (Å²) in [7, 11) is 0. The van der Waals surface area contributed by atoms with Crippen LogP contribution in [0.25, 0.3) is 10.9 Å². The molecule has 3 fully saturated rings. The highest BCUT2D eigenvalue weighted by Crippen LogP contribution is 2.51. The maximum Gasteiger partial charge on any atom is 0.309 e. The minimum absolute atomic E-state index is 0.0372. The summed E-state index contributed by atoms with van der Waals surface area (Å²) in [5.41, 5.74) is 2.78. The van der Waals surface area contributed by atoms with Gasteiger partial charge in [-0.3, -0.25) is 14.7 Å². The van der Waals surface area contributed by atoms with Crippen LogP contribution in [-0.4, -0.2) is 41.7 Å². The van der Waals surface area contributed by atoms with Crippen molar-refractivity contribution in [3.05, 3.63) is 36.0 Å². The molecule has 1 aromatic heterocycles. The molecular weight excluding hydrogens is 400 g/mol. The minimum atomic E-state index is -0.0372. The Kier molecular flexibility index (Phi) is 6.36. The normalized spacial score (nSPS) is 22.0. The summed E-state index contributed by atoms with van der Waals surface area (Å²) in [5, 5.41) is 1.14. The largest absolute Gasteiger partial charge is 0.490 e. The first-order valence-corrected chi connectivity index (χ1v) is 12.6. The van der Waals surface area contributed by atoms with Crippen molar-refractivity contribution in [1.29, 1.82) is 0 Å². The first-order chi connectivity index (χ1) is 15.6. The van der Waals surface area contributed by atoms with Crippen LogP contribution in [0.2, 0.25) is 0 Å². The number of carbonyl (C=O) groups is 1. The molecule has 172 valence electrons. The van der Waals surface area contributed by atoms with E-state index in [0.29, 0.717) is 18.1 Å². The second-order valence-electron chi connectivity index (χ2n) is 10.1. The summed E-state index contributed by atoms with van der Waals surface area (Å²) >= 11 is 0. The summed E-state index contributed by atoms with van der Waals surface area (Å²) < 4.78 is 11.5. The summed E-state index contributed by atoms with van der Waals surface area (Å²) in [5.74, 6) is 0.991. The molecule has 2 heterocycles. The van der Waals surface area contributed by atoms with Crippen molar-refractivity contribution >= 4 is 16.9 Å². The second kappa shape index (κ2) is 9.38. The van der Waals surface area contributed by atoms with Gasteiger partial charge in [-0.25, -0.2) is 0 Å². The molecule has 2 aliphatic carbocycles. The van der Waals surface area contributed by atoms with Crippen molar-refractivity contribution in [2.24, 2.45) is 11.3 Å². The number of pyridine rings is 1. The van der Waals surface area contributed by atoms with E-state index in [9.17, 15) is 4.79 Å². The first-order valence-electron chi connectivity index (χ1n) is 12.6. The maximum atomic E-state index is 11.9. The van der Waals surface area contributed by atoms with Gasteiger partial charge < -0.3 is 9.47 Å². The number of rotatable bonds is 6. The van der Waals surface area contributed by atoms with Crippen molar-refractivity contribution in [2.45, 2.75) is 77.4 Å². The Morgan fingerprint density at radius 3 is 2.53 bits per heavy atom. The fourth-order valence-corrected chi connectivity index (χ4v) is 5.81. The Bertz CT molecular complexity index is 937. The number of piperidine rings is 1. The number of hydrogen-bond acceptors (Lipinski definition) is 5. The Morgan fingerprint density at radius 1 is 1.06 bits per heavy atom. The van der Waals surface area contributed by atoms with Crippen LogP contribution >= 0.6 is 0 Å². The topological polar surface area (TPSA) is 51.7 Å². The van der Waals surface area contributed by atoms with Crippen LogP contribution in [0.1, 0.15) is 70.4 Å². The van der Waals surface area contributed by atoms with E-state index in [1.54, 1.807) is 0 Å². The number of esters is 1. The van der Waals surface area contributed by atoms with Gasteiger partial charge in [0.2, 0.25) is 0 Å². The number of nitrogens with zero attached hydrogens (tertiary/aromatic N) is 2. The molecule has 3 aliphatic rings. The predicted octanol–water partition coefficient (Wildman–Crippen LogP) is 5.50. The lowest BCUT2D eigenvalue weighted by Crippen LogP contribution is -2.37. The lowest BCUT2D eigenvalue weighted by Gasteiger charge is -2.46. The third kappa shape index (κ3) is 4.78. The van der Waals surface area contributed by atoms with Crippen LogP contribution in [0, 0.1) is 11.3 Å². The van der Waals surface area contributed by atoms with Crippen LogP contribution in [0.15, 0.2) is 30.3 Å². The zero-order chi connectivity index (χ0) is 22.0. The van der Waals surface area contributed by atoms with Crippen molar-refractivity contribution in [2.75, 3.05) is 19.7 Å². The molecule has 2 aromatic rings. The molecule has 5 rings (SSSR count). The molecule has 1 aliphatic heterocycles. The van der Waals surface area contributed by atoms with E-state index in [1.165, 1.54) is 44.9 Å². The number of hydrogen-bond donors (Lipinski definition) is 0. The van der Waals surface area contributed by atoms with Gasteiger partial charge in [-0.1, -0.05) is 12.5 Å². The average molecular weight is 437 g/mol. The monoisotopic (exact) mass is 436 g/mol. The minimum Gasteiger partial charge on any atom is -0.490 e. The van der Waals surface area contributed by atoms with E-state index in [4.69, 9.17) is 14.5 Å². The molecule has 32 heavy (non-hydrogen) atoms. The van der Waals surface area contributed by atoms with E-state index in [1.807, 2.05) is 6.92 Å². The van der Waals surface area contributed by atoms with Crippen LogP contribution in [0.3, 0.4) is 0 Å². The summed E-state index contributed by atoms with van der Waals surface area (Å²) in [6.07, 6.45) is 11.5. The van der Waals surface area contributed by atoms with E-state index >= 15 is 0 Å². The molecular formula is C27H36N2O3. The summed E-state index contributed by atoms with van der Waals surface area (Å²) in [4.78, 5) is 19.2. The zero-order valence-corrected chi connectivity index (χ0v) is 19.4. The molecule has 0 unspecified atom stereocenters. The van der Waals surface area contributed by atoms with E-state index in [-0.39, 0.29) is 11.9 Å². The molecule has 5 heteroatoms. The van der Waals surface area contributed by atoms with Gasteiger partial charge in [0.05, 0.1) is 29.8 Å². The van der Waals surface area contributed by atoms with Gasteiger partial charge in [-0.15, -0.1) is 0 Å². The van der Waals surface area contributed by atoms with Crippen LogP contribution in [-0.2, 0) is 16.1 Å². The fraction of sp³-hybridized carbons (Fsp3) is 0.630. The second-order valence-corrected chi connectivity index (χ2v) is 10.1. The van der Waals surface area contributed by atoms with Gasteiger partial charge in [0, 0.05) is 11.9 Å². The lowest BCUT2D eigenvalue weighted by molar-refractivity contribution is -0.149. The standard InChI is InChI=1S/C27H36N2O3/c1-2-31-26(30)20-10-16-29(17-11-20)19-22-5-4-21-18-24(6-7-25(21)28-22)32-23-8-14-27(15-9-23)12-3-13-27/h4-7,18,20,23H,2-3,8-17,19H2,1H3. The molecule has 0 atom stereocenters. The van der Waals surface area contributed by atoms with Crippen molar-refractivity contribution in [3.63, 3.8) is 0 Å². The highest BCUT2D eigenvalue weighted by atomic mass is 16.5. The first kappa shape index (κ1) is 21.7. The van der Waals surface area contributed by atoms with Gasteiger partial charge in [0.15, 0.2) is 0 Å². The van der Waals surface area contributed by atoms with Gasteiger partial charge in [-0.2, -0.15) is 0 Å². The highest BCUT2D eigenvalue weighted by molar-refractivity contribution is 5.80. The van der Waals surface area contributed by atoms with Gasteiger partial charge in [0.25, 0.3) is 0 Å². The molecule has 5 nitrogen and oxygen atoms in total. The third-order valence-corrected chi connectivity index (χ3v) is 8.02.